The molecule has 2 aromatic rings. The zero-order valence-electron chi connectivity index (χ0n) is 14.1. The molecule has 7 nitrogen and oxygen atoms in total. The summed E-state index contributed by atoms with van der Waals surface area (Å²) in [6.45, 7) is 1.26. The van der Waals surface area contributed by atoms with Crippen LogP contribution in [0.2, 0.25) is 0 Å². The third-order valence-electron chi connectivity index (χ3n) is 3.91. The zero-order chi connectivity index (χ0) is 17.5. The molecule has 0 aliphatic carbocycles. The third-order valence-corrected chi connectivity index (χ3v) is 3.91. The maximum Gasteiger partial charge on any atom is 0.319 e. The van der Waals surface area contributed by atoms with Gasteiger partial charge in [-0.2, -0.15) is 4.98 Å². The van der Waals surface area contributed by atoms with Gasteiger partial charge in [0.05, 0.1) is 13.7 Å². The van der Waals surface area contributed by atoms with E-state index in [1.54, 1.807) is 17.2 Å². The highest BCUT2D eigenvalue weighted by Crippen LogP contribution is 2.18. The predicted octanol–water partition coefficient (Wildman–Crippen LogP) is 1.93. The van der Waals surface area contributed by atoms with Crippen molar-refractivity contribution in [1.82, 2.24) is 14.9 Å². The van der Waals surface area contributed by atoms with Crippen molar-refractivity contribution in [3.05, 3.63) is 42.6 Å². The average molecular weight is 343 g/mol. The Morgan fingerprint density at radius 2 is 2.12 bits per heavy atom. The lowest BCUT2D eigenvalue weighted by Crippen LogP contribution is -2.46. The summed E-state index contributed by atoms with van der Waals surface area (Å²) in [6, 6.07) is 11.3. The Hall–Kier alpha value is -2.83. The van der Waals surface area contributed by atoms with E-state index >= 15 is 0 Å². The summed E-state index contributed by atoms with van der Waals surface area (Å²) in [4.78, 5) is 22.2. The maximum absolute atomic E-state index is 12.4. The number of ether oxygens (including phenoxy) is 3. The fourth-order valence-corrected chi connectivity index (χ4v) is 2.67. The minimum Gasteiger partial charge on any atom is -0.484 e. The van der Waals surface area contributed by atoms with E-state index in [0.717, 1.165) is 12.8 Å². The van der Waals surface area contributed by atoms with Gasteiger partial charge in [-0.3, -0.25) is 4.79 Å². The molecular formula is C18H21N3O4. The van der Waals surface area contributed by atoms with Crippen molar-refractivity contribution < 1.29 is 19.0 Å². The summed E-state index contributed by atoms with van der Waals surface area (Å²) < 4.78 is 16.4. The molecule has 1 aliphatic rings. The minimum absolute atomic E-state index is 0.0259. The molecule has 1 aliphatic heterocycles. The Bertz CT molecular complexity index is 696. The number of hydrogen-bond donors (Lipinski definition) is 0. The normalized spacial score (nSPS) is 17.0. The molecule has 1 aromatic heterocycles. The van der Waals surface area contributed by atoms with Crippen molar-refractivity contribution in [2.45, 2.75) is 18.9 Å². The predicted molar refractivity (Wildman–Crippen MR) is 90.8 cm³/mol. The summed E-state index contributed by atoms with van der Waals surface area (Å²) in [5.41, 5.74) is 0. The number of rotatable bonds is 6. The molecule has 1 atom stereocenters. The Labute approximate surface area is 146 Å². The second kappa shape index (κ2) is 8.32. The monoisotopic (exact) mass is 343 g/mol. The van der Waals surface area contributed by atoms with Crippen molar-refractivity contribution >= 4 is 5.91 Å². The Morgan fingerprint density at radius 3 is 2.92 bits per heavy atom. The van der Waals surface area contributed by atoms with Crippen LogP contribution in [0.25, 0.3) is 0 Å². The van der Waals surface area contributed by atoms with Crippen LogP contribution in [0.3, 0.4) is 0 Å². The number of likely N-dealkylation sites (tertiary alicyclic amines) is 1. The molecule has 0 N–H and O–H groups in total. The van der Waals surface area contributed by atoms with E-state index < -0.39 is 0 Å². The van der Waals surface area contributed by atoms with Crippen molar-refractivity contribution in [1.29, 1.82) is 0 Å². The molecule has 0 radical (unpaired) electrons. The fourth-order valence-electron chi connectivity index (χ4n) is 2.67. The standard InChI is InChI=1S/C18H21N3O4/c1-23-18-19-10-9-16(20-18)25-15-8-5-11-21(12-15)17(22)13-24-14-6-3-2-4-7-14/h2-4,6-7,9-10,15H,5,8,11-13H2,1H3. The first-order valence-electron chi connectivity index (χ1n) is 8.24. The van der Waals surface area contributed by atoms with Gasteiger partial charge in [0.2, 0.25) is 5.88 Å². The Morgan fingerprint density at radius 1 is 1.28 bits per heavy atom. The van der Waals surface area contributed by atoms with Gasteiger partial charge in [0.15, 0.2) is 6.61 Å². The maximum atomic E-state index is 12.4. The smallest absolute Gasteiger partial charge is 0.319 e. The van der Waals surface area contributed by atoms with Crippen molar-refractivity contribution in [3.8, 4) is 17.6 Å². The average Bonchev–Trinajstić information content (AvgIpc) is 2.67. The van der Waals surface area contributed by atoms with Crippen LogP contribution >= 0.6 is 0 Å². The summed E-state index contributed by atoms with van der Waals surface area (Å²) >= 11 is 0. The first-order valence-corrected chi connectivity index (χ1v) is 8.24. The quantitative estimate of drug-likeness (QED) is 0.798. The largest absolute Gasteiger partial charge is 0.484 e. The van der Waals surface area contributed by atoms with E-state index in [-0.39, 0.29) is 24.6 Å². The van der Waals surface area contributed by atoms with Gasteiger partial charge in [0.1, 0.15) is 11.9 Å². The van der Waals surface area contributed by atoms with Crippen molar-refractivity contribution in [2.24, 2.45) is 0 Å². The second-order valence-corrected chi connectivity index (χ2v) is 5.71. The molecule has 3 rings (SSSR count). The summed E-state index contributed by atoms with van der Waals surface area (Å²) in [6.07, 6.45) is 3.23. The molecule has 2 heterocycles. The van der Waals surface area contributed by atoms with E-state index in [2.05, 4.69) is 9.97 Å². The number of methoxy groups -OCH3 is 1. The minimum atomic E-state index is -0.103. The van der Waals surface area contributed by atoms with Crippen LogP contribution in [0.1, 0.15) is 12.8 Å². The van der Waals surface area contributed by atoms with Crippen LogP contribution in [0.15, 0.2) is 42.6 Å². The van der Waals surface area contributed by atoms with Gasteiger partial charge in [-0.1, -0.05) is 18.2 Å². The van der Waals surface area contributed by atoms with Crippen LogP contribution in [0, 0.1) is 0 Å². The van der Waals surface area contributed by atoms with Gasteiger partial charge in [-0.05, 0) is 25.0 Å². The molecule has 132 valence electrons. The number of carbonyl (C=O) groups is 1. The van der Waals surface area contributed by atoms with Crippen molar-refractivity contribution in [2.75, 3.05) is 26.8 Å². The number of aromatic nitrogens is 2. The lowest BCUT2D eigenvalue weighted by molar-refractivity contribution is -0.136. The second-order valence-electron chi connectivity index (χ2n) is 5.71. The first-order chi connectivity index (χ1) is 12.2. The van der Waals surface area contributed by atoms with E-state index in [9.17, 15) is 4.79 Å². The van der Waals surface area contributed by atoms with Crippen LogP contribution < -0.4 is 14.2 Å². The molecule has 1 amide bonds. The Kier molecular flexibility index (Phi) is 5.66. The summed E-state index contributed by atoms with van der Waals surface area (Å²) in [5, 5.41) is 0. The van der Waals surface area contributed by atoms with Gasteiger partial charge >= 0.3 is 6.01 Å². The van der Waals surface area contributed by atoms with Crippen LogP contribution in [0.5, 0.6) is 17.6 Å². The third kappa shape index (κ3) is 4.82. The van der Waals surface area contributed by atoms with Gasteiger partial charge in [-0.15, -0.1) is 0 Å². The topological polar surface area (TPSA) is 73.8 Å². The summed E-state index contributed by atoms with van der Waals surface area (Å²) in [5.74, 6) is 1.10. The number of piperidine rings is 1. The lowest BCUT2D eigenvalue weighted by atomic mass is 10.1. The highest BCUT2D eigenvalue weighted by molar-refractivity contribution is 5.77. The van der Waals surface area contributed by atoms with Gasteiger partial charge in [-0.25, -0.2) is 4.98 Å². The first kappa shape index (κ1) is 17.0. The molecule has 25 heavy (non-hydrogen) atoms. The number of para-hydroxylation sites is 1. The number of amides is 1. The zero-order valence-corrected chi connectivity index (χ0v) is 14.1. The van der Waals surface area contributed by atoms with Crippen molar-refractivity contribution in [3.63, 3.8) is 0 Å². The van der Waals surface area contributed by atoms with Crippen LogP contribution in [0.4, 0.5) is 0 Å². The molecule has 1 unspecified atom stereocenters. The van der Waals surface area contributed by atoms with Gasteiger partial charge < -0.3 is 19.1 Å². The number of hydrogen-bond acceptors (Lipinski definition) is 6. The molecule has 1 aromatic carbocycles. The van der Waals surface area contributed by atoms with Gasteiger partial charge in [0, 0.05) is 18.8 Å². The van der Waals surface area contributed by atoms with E-state index in [4.69, 9.17) is 14.2 Å². The highest BCUT2D eigenvalue weighted by atomic mass is 16.5. The SMILES string of the molecule is COc1nccc(OC2CCCN(C(=O)COc3ccccc3)C2)n1. The van der Waals surface area contributed by atoms with E-state index in [0.29, 0.717) is 24.7 Å². The molecule has 7 heteroatoms. The molecule has 0 bridgehead atoms. The van der Waals surface area contributed by atoms with Gasteiger partial charge in [0.25, 0.3) is 5.91 Å². The van der Waals surface area contributed by atoms with Crippen LogP contribution in [-0.2, 0) is 4.79 Å². The fraction of sp³-hybridized carbons (Fsp3) is 0.389. The van der Waals surface area contributed by atoms with Crippen LogP contribution in [-0.4, -0.2) is 53.7 Å². The summed E-state index contributed by atoms with van der Waals surface area (Å²) in [7, 11) is 1.51. The molecule has 0 spiro atoms. The lowest BCUT2D eigenvalue weighted by Gasteiger charge is -2.32. The van der Waals surface area contributed by atoms with E-state index in [1.165, 1.54) is 7.11 Å². The Balaban J connectivity index is 1.52. The number of carbonyl (C=O) groups excluding carboxylic acids is 1. The highest BCUT2D eigenvalue weighted by Gasteiger charge is 2.25. The molecule has 1 fully saturated rings. The molecule has 0 saturated carbocycles. The number of benzene rings is 1. The molecular weight excluding hydrogens is 322 g/mol. The van der Waals surface area contributed by atoms with E-state index in [1.807, 2.05) is 30.3 Å². The molecule has 1 saturated heterocycles. The number of nitrogens with zero attached hydrogens (tertiary/aromatic N) is 3.